The Labute approximate surface area is 123 Å². The van der Waals surface area contributed by atoms with Crippen molar-refractivity contribution in [1.82, 2.24) is 0 Å². The molecule has 90 valence electrons. The lowest BCUT2D eigenvalue weighted by molar-refractivity contribution is 1.26. The first-order valence-electron chi connectivity index (χ1n) is 5.33. The molecule has 0 unspecified atom stereocenters. The van der Waals surface area contributed by atoms with Gasteiger partial charge in [-0.25, -0.2) is 0 Å². The van der Waals surface area contributed by atoms with Crippen LogP contribution in [0.25, 0.3) is 0 Å². The molecule has 0 saturated carbocycles. The molecule has 0 aromatic heterocycles. The highest BCUT2D eigenvalue weighted by Crippen LogP contribution is 2.14. The lowest BCUT2D eigenvalue weighted by Crippen LogP contribution is -1.83. The Kier molecular flexibility index (Phi) is 4.84. The molecule has 18 heavy (non-hydrogen) atoms. The van der Waals surface area contributed by atoms with Gasteiger partial charge in [-0.15, -0.1) is 0 Å². The third-order valence-corrected chi connectivity index (χ3v) is 3.72. The molecule has 0 radical (unpaired) electrons. The van der Waals surface area contributed by atoms with Gasteiger partial charge in [0.05, 0.1) is 12.4 Å². The van der Waals surface area contributed by atoms with Crippen LogP contribution in [-0.2, 0) is 0 Å². The second kappa shape index (κ2) is 6.61. The van der Waals surface area contributed by atoms with Crippen molar-refractivity contribution in [3.8, 4) is 0 Å². The van der Waals surface area contributed by atoms with Crippen LogP contribution < -0.4 is 0 Å². The van der Waals surface area contributed by atoms with Crippen LogP contribution in [0.15, 0.2) is 67.7 Å². The number of nitrogens with zero attached hydrogens (tertiary/aromatic N) is 2. The standard InChI is InChI=1S/C14H10Br2N2/c15-13-7-3-1-5-11(13)9-17-18-10-12-6-2-4-8-14(12)16/h1-10H/b17-9+,18-10?. The van der Waals surface area contributed by atoms with E-state index in [1.807, 2.05) is 48.5 Å². The van der Waals surface area contributed by atoms with Gasteiger partial charge in [0.15, 0.2) is 0 Å². The van der Waals surface area contributed by atoms with Gasteiger partial charge in [0.1, 0.15) is 0 Å². The van der Waals surface area contributed by atoms with Crippen molar-refractivity contribution in [2.45, 2.75) is 0 Å². The first-order chi connectivity index (χ1) is 8.77. The molecule has 2 rings (SSSR count). The number of hydrogen-bond donors (Lipinski definition) is 0. The first-order valence-corrected chi connectivity index (χ1v) is 6.91. The minimum absolute atomic E-state index is 1.00. The van der Waals surface area contributed by atoms with Crippen molar-refractivity contribution in [3.05, 3.63) is 68.6 Å². The van der Waals surface area contributed by atoms with Crippen molar-refractivity contribution in [2.24, 2.45) is 10.2 Å². The quantitative estimate of drug-likeness (QED) is 0.558. The minimum Gasteiger partial charge on any atom is -0.158 e. The highest BCUT2D eigenvalue weighted by atomic mass is 79.9. The summed E-state index contributed by atoms with van der Waals surface area (Å²) < 4.78 is 2.01. The van der Waals surface area contributed by atoms with Gasteiger partial charge in [-0.05, 0) is 12.1 Å². The molecule has 0 atom stereocenters. The van der Waals surface area contributed by atoms with Gasteiger partial charge >= 0.3 is 0 Å². The molecule has 0 bridgehead atoms. The summed E-state index contributed by atoms with van der Waals surface area (Å²) in [4.78, 5) is 0. The van der Waals surface area contributed by atoms with Crippen LogP contribution in [0.5, 0.6) is 0 Å². The molecule has 2 nitrogen and oxygen atoms in total. The molecule has 0 spiro atoms. The smallest absolute Gasteiger partial charge is 0.0579 e. The topological polar surface area (TPSA) is 24.7 Å². The Hall–Kier alpha value is -1.26. The molecule has 0 N–H and O–H groups in total. The normalized spacial score (nSPS) is 11.4. The SMILES string of the molecule is Brc1ccccc1C=N/N=C/c1ccccc1Br. The summed E-state index contributed by atoms with van der Waals surface area (Å²) in [6.07, 6.45) is 3.44. The maximum absolute atomic E-state index is 4.03. The number of rotatable bonds is 3. The largest absolute Gasteiger partial charge is 0.158 e. The van der Waals surface area contributed by atoms with Gasteiger partial charge < -0.3 is 0 Å². The molecule has 0 amide bonds. The molecule has 2 aromatic rings. The van der Waals surface area contributed by atoms with Crippen LogP contribution in [-0.4, -0.2) is 12.4 Å². The Morgan fingerprint density at radius 1 is 0.667 bits per heavy atom. The average Bonchev–Trinajstić information content (AvgIpc) is 2.38. The zero-order valence-corrected chi connectivity index (χ0v) is 12.6. The van der Waals surface area contributed by atoms with Gasteiger partial charge in [0, 0.05) is 20.1 Å². The molecule has 4 heteroatoms. The van der Waals surface area contributed by atoms with Gasteiger partial charge in [-0.3, -0.25) is 0 Å². The van der Waals surface area contributed by atoms with E-state index < -0.39 is 0 Å². The highest BCUT2D eigenvalue weighted by molar-refractivity contribution is 9.10. The van der Waals surface area contributed by atoms with Gasteiger partial charge in [-0.1, -0.05) is 68.3 Å². The summed E-state index contributed by atoms with van der Waals surface area (Å²) in [7, 11) is 0. The van der Waals surface area contributed by atoms with Gasteiger partial charge in [0.25, 0.3) is 0 Å². The van der Waals surface area contributed by atoms with Crippen molar-refractivity contribution < 1.29 is 0 Å². The summed E-state index contributed by atoms with van der Waals surface area (Å²) in [5.41, 5.74) is 2.00. The van der Waals surface area contributed by atoms with Crippen LogP contribution in [0.1, 0.15) is 11.1 Å². The Balaban J connectivity index is 2.08. The number of benzene rings is 2. The molecule has 0 heterocycles. The predicted octanol–water partition coefficient (Wildman–Crippen LogP) is 4.66. The van der Waals surface area contributed by atoms with E-state index in [1.165, 1.54) is 0 Å². The number of halogens is 2. The zero-order chi connectivity index (χ0) is 12.8. The van der Waals surface area contributed by atoms with Crippen molar-refractivity contribution >= 4 is 44.3 Å². The molecular formula is C14H10Br2N2. The Morgan fingerprint density at radius 2 is 1.06 bits per heavy atom. The summed E-state index contributed by atoms with van der Waals surface area (Å²) in [5.74, 6) is 0. The minimum atomic E-state index is 1.00. The van der Waals surface area contributed by atoms with E-state index in [4.69, 9.17) is 0 Å². The summed E-state index contributed by atoms with van der Waals surface area (Å²) >= 11 is 6.91. The molecule has 0 aliphatic heterocycles. The predicted molar refractivity (Wildman–Crippen MR) is 83.5 cm³/mol. The lowest BCUT2D eigenvalue weighted by atomic mass is 10.2. The second-order valence-corrected chi connectivity index (χ2v) is 5.24. The van der Waals surface area contributed by atoms with E-state index in [1.54, 1.807) is 12.4 Å². The Bertz CT molecular complexity index is 538. The lowest BCUT2D eigenvalue weighted by Gasteiger charge is -1.95. The maximum atomic E-state index is 4.03. The zero-order valence-electron chi connectivity index (χ0n) is 9.42. The van der Waals surface area contributed by atoms with Crippen LogP contribution in [0, 0.1) is 0 Å². The van der Waals surface area contributed by atoms with Crippen LogP contribution in [0.2, 0.25) is 0 Å². The fourth-order valence-corrected chi connectivity index (χ4v) is 2.12. The maximum Gasteiger partial charge on any atom is 0.0579 e. The highest BCUT2D eigenvalue weighted by Gasteiger charge is 1.94. The molecule has 2 aromatic carbocycles. The third kappa shape index (κ3) is 3.62. The van der Waals surface area contributed by atoms with E-state index in [9.17, 15) is 0 Å². The van der Waals surface area contributed by atoms with Crippen LogP contribution in [0.4, 0.5) is 0 Å². The van der Waals surface area contributed by atoms with E-state index >= 15 is 0 Å². The molecule has 0 aliphatic rings. The van der Waals surface area contributed by atoms with E-state index in [2.05, 4.69) is 42.1 Å². The number of hydrogen-bond acceptors (Lipinski definition) is 2. The molecule has 0 saturated heterocycles. The van der Waals surface area contributed by atoms with Crippen LogP contribution >= 0.6 is 31.9 Å². The van der Waals surface area contributed by atoms with E-state index in [0.29, 0.717) is 0 Å². The first kappa shape index (κ1) is 13.2. The fraction of sp³-hybridized carbons (Fsp3) is 0. The van der Waals surface area contributed by atoms with E-state index in [0.717, 1.165) is 20.1 Å². The monoisotopic (exact) mass is 364 g/mol. The van der Waals surface area contributed by atoms with Gasteiger partial charge in [0.2, 0.25) is 0 Å². The van der Waals surface area contributed by atoms with Crippen molar-refractivity contribution in [3.63, 3.8) is 0 Å². The van der Waals surface area contributed by atoms with Crippen molar-refractivity contribution in [1.29, 1.82) is 0 Å². The molecule has 0 fully saturated rings. The van der Waals surface area contributed by atoms with E-state index in [-0.39, 0.29) is 0 Å². The fourth-order valence-electron chi connectivity index (χ4n) is 1.35. The average molecular weight is 366 g/mol. The second-order valence-electron chi connectivity index (χ2n) is 3.53. The summed E-state index contributed by atoms with van der Waals surface area (Å²) in [6, 6.07) is 15.7. The Morgan fingerprint density at radius 3 is 1.44 bits per heavy atom. The van der Waals surface area contributed by atoms with Crippen molar-refractivity contribution in [2.75, 3.05) is 0 Å². The summed E-state index contributed by atoms with van der Waals surface area (Å²) in [5, 5.41) is 8.06. The van der Waals surface area contributed by atoms with Gasteiger partial charge in [-0.2, -0.15) is 10.2 Å². The molecule has 0 aliphatic carbocycles. The third-order valence-electron chi connectivity index (χ3n) is 2.27. The summed E-state index contributed by atoms with van der Waals surface area (Å²) in [6.45, 7) is 0. The van der Waals surface area contributed by atoms with Crippen LogP contribution in [0.3, 0.4) is 0 Å². The molecular weight excluding hydrogens is 356 g/mol.